The van der Waals surface area contributed by atoms with Gasteiger partial charge >= 0.3 is 11.9 Å². The molecule has 0 atom stereocenters. The van der Waals surface area contributed by atoms with Crippen LogP contribution < -0.4 is 0 Å². The number of carbonyl (C=O) groups is 2. The number of hydrogen-bond donors (Lipinski definition) is 0. The molecule has 1 rings (SSSR count). The molecule has 1 aliphatic rings. The van der Waals surface area contributed by atoms with Gasteiger partial charge in [0.25, 0.3) is 6.29 Å². The zero-order valence-electron chi connectivity index (χ0n) is 8.02. The fourth-order valence-electron chi connectivity index (χ4n) is 0.996. The highest BCUT2D eigenvalue weighted by molar-refractivity contribution is 8.20. The molecule has 14 heavy (non-hydrogen) atoms. The van der Waals surface area contributed by atoms with Crippen LogP contribution in [0.3, 0.4) is 0 Å². The van der Waals surface area contributed by atoms with Crippen LogP contribution in [0.15, 0.2) is 0 Å². The first-order valence-electron chi connectivity index (χ1n) is 4.17. The highest BCUT2D eigenvalue weighted by Crippen LogP contribution is 2.35. The van der Waals surface area contributed by atoms with Gasteiger partial charge in [-0.15, -0.1) is 23.5 Å². The van der Waals surface area contributed by atoms with E-state index in [4.69, 9.17) is 9.47 Å². The van der Waals surface area contributed by atoms with Crippen molar-refractivity contribution in [1.29, 1.82) is 0 Å². The summed E-state index contributed by atoms with van der Waals surface area (Å²) >= 11 is 3.29. The van der Waals surface area contributed by atoms with Gasteiger partial charge < -0.3 is 9.47 Å². The maximum Gasteiger partial charge on any atom is 0.305 e. The van der Waals surface area contributed by atoms with Gasteiger partial charge in [0.15, 0.2) is 0 Å². The lowest BCUT2D eigenvalue weighted by atomic mass is 10.6. The molecule has 0 aromatic carbocycles. The van der Waals surface area contributed by atoms with Gasteiger partial charge in [-0.1, -0.05) is 0 Å². The molecule has 0 aliphatic carbocycles. The van der Waals surface area contributed by atoms with Gasteiger partial charge in [0.05, 0.1) is 0 Å². The topological polar surface area (TPSA) is 52.6 Å². The van der Waals surface area contributed by atoms with Crippen molar-refractivity contribution in [2.45, 2.75) is 24.7 Å². The molecular formula is C8H12O4S2. The summed E-state index contributed by atoms with van der Waals surface area (Å²) < 4.78 is 9.86. The van der Waals surface area contributed by atoms with E-state index in [2.05, 4.69) is 0 Å². The first kappa shape index (κ1) is 11.7. The van der Waals surface area contributed by atoms with E-state index in [9.17, 15) is 9.59 Å². The highest BCUT2D eigenvalue weighted by Gasteiger charge is 2.31. The predicted octanol–water partition coefficient (Wildman–Crippen LogP) is 1.24. The van der Waals surface area contributed by atoms with E-state index in [1.165, 1.54) is 13.8 Å². The molecule has 0 amide bonds. The average Bonchev–Trinajstić information content (AvgIpc) is 2.52. The molecule has 0 N–H and O–H groups in total. The fraction of sp³-hybridized carbons (Fsp3) is 0.750. The number of carbonyl (C=O) groups excluding carboxylic acids is 2. The van der Waals surface area contributed by atoms with Crippen LogP contribution in [0.2, 0.25) is 0 Å². The number of esters is 2. The van der Waals surface area contributed by atoms with Crippen molar-refractivity contribution in [2.75, 3.05) is 11.5 Å². The second-order valence-corrected chi connectivity index (χ2v) is 5.49. The van der Waals surface area contributed by atoms with Crippen molar-refractivity contribution >= 4 is 35.5 Å². The molecule has 0 aromatic heterocycles. The standard InChI is InChI=1S/C8H12O4S2/c1-5(9)11-7(12-6(2)10)8-13-3-4-14-8/h7-8H,3-4H2,1-2H3. The van der Waals surface area contributed by atoms with Crippen LogP contribution in [-0.4, -0.2) is 34.3 Å². The Morgan fingerprint density at radius 1 is 1.14 bits per heavy atom. The van der Waals surface area contributed by atoms with Gasteiger partial charge in [0, 0.05) is 25.4 Å². The molecule has 80 valence electrons. The summed E-state index contributed by atoms with van der Waals surface area (Å²) in [5.74, 6) is 1.14. The third-order valence-corrected chi connectivity index (χ3v) is 4.49. The molecule has 1 fully saturated rings. The fourth-order valence-corrected chi connectivity index (χ4v) is 3.73. The largest absolute Gasteiger partial charge is 0.423 e. The minimum atomic E-state index is -0.748. The molecule has 0 spiro atoms. The van der Waals surface area contributed by atoms with Gasteiger partial charge in [0.1, 0.15) is 4.58 Å². The van der Waals surface area contributed by atoms with Crippen molar-refractivity contribution in [3.63, 3.8) is 0 Å². The van der Waals surface area contributed by atoms with Crippen LogP contribution >= 0.6 is 23.5 Å². The first-order chi connectivity index (χ1) is 6.59. The number of thioether (sulfide) groups is 2. The quantitative estimate of drug-likeness (QED) is 0.543. The Bertz CT molecular complexity index is 209. The van der Waals surface area contributed by atoms with Gasteiger partial charge in [0.2, 0.25) is 0 Å². The van der Waals surface area contributed by atoms with Crippen LogP contribution in [0.4, 0.5) is 0 Å². The van der Waals surface area contributed by atoms with E-state index < -0.39 is 18.2 Å². The Hall–Kier alpha value is -0.360. The van der Waals surface area contributed by atoms with E-state index in [0.29, 0.717) is 0 Å². The molecule has 1 aliphatic heterocycles. The minimum absolute atomic E-state index is 0.0165. The summed E-state index contributed by atoms with van der Waals surface area (Å²) in [6.07, 6.45) is -0.748. The molecule has 0 unspecified atom stereocenters. The smallest absolute Gasteiger partial charge is 0.305 e. The van der Waals surface area contributed by atoms with Crippen molar-refractivity contribution in [3.05, 3.63) is 0 Å². The molecule has 0 radical (unpaired) electrons. The van der Waals surface area contributed by atoms with Crippen molar-refractivity contribution in [1.82, 2.24) is 0 Å². The zero-order chi connectivity index (χ0) is 10.6. The summed E-state index contributed by atoms with van der Waals surface area (Å²) in [5, 5.41) is 0. The van der Waals surface area contributed by atoms with E-state index >= 15 is 0 Å². The van der Waals surface area contributed by atoms with E-state index in [1.807, 2.05) is 0 Å². The molecule has 1 heterocycles. The average molecular weight is 236 g/mol. The molecular weight excluding hydrogens is 224 g/mol. The van der Waals surface area contributed by atoms with Crippen LogP contribution in [-0.2, 0) is 19.1 Å². The lowest BCUT2D eigenvalue weighted by molar-refractivity contribution is -0.181. The van der Waals surface area contributed by atoms with Gasteiger partial charge in [-0.2, -0.15) is 0 Å². The Kier molecular flexibility index (Phi) is 4.60. The third-order valence-electron chi connectivity index (χ3n) is 1.43. The molecule has 6 heteroatoms. The maximum atomic E-state index is 10.8. The summed E-state index contributed by atoms with van der Waals surface area (Å²) in [6, 6.07) is 0. The van der Waals surface area contributed by atoms with Crippen molar-refractivity contribution in [3.8, 4) is 0 Å². The number of hydrogen-bond acceptors (Lipinski definition) is 6. The number of ether oxygens (including phenoxy) is 2. The summed E-state index contributed by atoms with van der Waals surface area (Å²) in [5.41, 5.74) is 0. The van der Waals surface area contributed by atoms with E-state index in [0.717, 1.165) is 11.5 Å². The highest BCUT2D eigenvalue weighted by atomic mass is 32.2. The Labute approximate surface area is 91.1 Å². The van der Waals surface area contributed by atoms with Crippen molar-refractivity contribution in [2.24, 2.45) is 0 Å². The number of rotatable bonds is 3. The maximum absolute atomic E-state index is 10.8. The van der Waals surface area contributed by atoms with Crippen molar-refractivity contribution < 1.29 is 19.1 Å². The molecule has 0 bridgehead atoms. The Morgan fingerprint density at radius 2 is 1.57 bits per heavy atom. The van der Waals surface area contributed by atoms with Gasteiger partial charge in [-0.25, -0.2) is 0 Å². The van der Waals surface area contributed by atoms with Crippen LogP contribution in [0.5, 0.6) is 0 Å². The molecule has 0 aromatic rings. The van der Waals surface area contributed by atoms with Crippen LogP contribution in [0.25, 0.3) is 0 Å². The molecule has 1 saturated heterocycles. The molecule has 4 nitrogen and oxygen atoms in total. The normalized spacial score (nSPS) is 17.1. The van der Waals surface area contributed by atoms with E-state index in [1.54, 1.807) is 23.5 Å². The summed E-state index contributed by atoms with van der Waals surface area (Å²) in [4.78, 5) is 21.5. The van der Waals surface area contributed by atoms with Crippen LogP contribution in [0, 0.1) is 0 Å². The lowest BCUT2D eigenvalue weighted by Crippen LogP contribution is -2.29. The van der Waals surface area contributed by atoms with Gasteiger partial charge in [-0.05, 0) is 0 Å². The SMILES string of the molecule is CC(=O)OC(OC(C)=O)C1SCCS1. The van der Waals surface area contributed by atoms with Gasteiger partial charge in [-0.3, -0.25) is 9.59 Å². The lowest BCUT2D eigenvalue weighted by Gasteiger charge is -2.20. The second-order valence-electron chi connectivity index (χ2n) is 2.70. The third kappa shape index (κ3) is 3.79. The Morgan fingerprint density at radius 3 is 1.93 bits per heavy atom. The second kappa shape index (κ2) is 5.50. The summed E-state index contributed by atoms with van der Waals surface area (Å²) in [6.45, 7) is 2.61. The van der Waals surface area contributed by atoms with Crippen LogP contribution in [0.1, 0.15) is 13.8 Å². The summed E-state index contributed by atoms with van der Waals surface area (Å²) in [7, 11) is 0. The minimum Gasteiger partial charge on any atom is -0.423 e. The first-order valence-corrected chi connectivity index (χ1v) is 6.27. The molecule has 0 saturated carbocycles. The van der Waals surface area contributed by atoms with E-state index in [-0.39, 0.29) is 4.58 Å². The monoisotopic (exact) mass is 236 g/mol. The zero-order valence-corrected chi connectivity index (χ0v) is 9.65. The Balaban J connectivity index is 2.50. The predicted molar refractivity (Wildman–Crippen MR) is 56.0 cm³/mol.